The van der Waals surface area contributed by atoms with Crippen molar-refractivity contribution in [1.29, 1.82) is 0 Å². The molecule has 2 heterocycles. The molecule has 0 bridgehead atoms. The number of imide groups is 1. The number of nitrogens with one attached hydrogen (secondary N) is 1. The SMILES string of the molecule is CCCCc1ncc(/C=C2\NC(=O)N(CC3CC3)C2=O)n1Cc1ccc(C(=O)OC)cc1. The Bertz CT molecular complexity index is 1050. The minimum absolute atomic E-state index is 0.278. The van der Waals surface area contributed by atoms with Crippen molar-refractivity contribution in [2.45, 2.75) is 45.6 Å². The van der Waals surface area contributed by atoms with Crippen LogP contribution >= 0.6 is 0 Å². The van der Waals surface area contributed by atoms with Crippen molar-refractivity contribution in [2.75, 3.05) is 13.7 Å². The van der Waals surface area contributed by atoms with Gasteiger partial charge in [0.2, 0.25) is 0 Å². The summed E-state index contributed by atoms with van der Waals surface area (Å²) in [4.78, 5) is 42.6. The molecule has 1 aromatic heterocycles. The molecule has 32 heavy (non-hydrogen) atoms. The molecule has 8 heteroatoms. The molecular formula is C24H28N4O4. The van der Waals surface area contributed by atoms with E-state index in [-0.39, 0.29) is 23.6 Å². The maximum Gasteiger partial charge on any atom is 0.337 e. The molecule has 1 aliphatic heterocycles. The number of urea groups is 1. The lowest BCUT2D eigenvalue weighted by molar-refractivity contribution is -0.123. The largest absolute Gasteiger partial charge is 0.465 e. The maximum absolute atomic E-state index is 12.8. The summed E-state index contributed by atoms with van der Waals surface area (Å²) in [5, 5.41) is 2.71. The topological polar surface area (TPSA) is 93.5 Å². The zero-order valence-electron chi connectivity index (χ0n) is 18.5. The number of carbonyl (C=O) groups is 3. The van der Waals surface area contributed by atoms with Gasteiger partial charge in [-0.3, -0.25) is 9.69 Å². The van der Waals surface area contributed by atoms with E-state index in [1.807, 2.05) is 12.1 Å². The molecule has 8 nitrogen and oxygen atoms in total. The zero-order valence-corrected chi connectivity index (χ0v) is 18.5. The van der Waals surface area contributed by atoms with Crippen molar-refractivity contribution < 1.29 is 19.1 Å². The summed E-state index contributed by atoms with van der Waals surface area (Å²) >= 11 is 0. The highest BCUT2D eigenvalue weighted by molar-refractivity contribution is 6.13. The summed E-state index contributed by atoms with van der Waals surface area (Å²) in [6.07, 6.45) is 8.44. The van der Waals surface area contributed by atoms with E-state index in [0.29, 0.717) is 24.6 Å². The highest BCUT2D eigenvalue weighted by Gasteiger charge is 2.37. The Kier molecular flexibility index (Phi) is 6.39. The van der Waals surface area contributed by atoms with Gasteiger partial charge < -0.3 is 14.6 Å². The van der Waals surface area contributed by atoms with Crippen molar-refractivity contribution >= 4 is 24.0 Å². The number of methoxy groups -OCH3 is 1. The Morgan fingerprint density at radius 1 is 1.25 bits per heavy atom. The summed E-state index contributed by atoms with van der Waals surface area (Å²) in [7, 11) is 1.36. The third-order valence-corrected chi connectivity index (χ3v) is 5.83. The zero-order chi connectivity index (χ0) is 22.7. The van der Waals surface area contributed by atoms with Crippen LogP contribution in [0.4, 0.5) is 4.79 Å². The van der Waals surface area contributed by atoms with Crippen LogP contribution in [0.3, 0.4) is 0 Å². The molecule has 2 fully saturated rings. The molecule has 168 valence electrons. The summed E-state index contributed by atoms with van der Waals surface area (Å²) in [6.45, 7) is 3.14. The average molecular weight is 437 g/mol. The van der Waals surface area contributed by atoms with E-state index in [1.165, 1.54) is 12.0 Å². The van der Waals surface area contributed by atoms with Gasteiger partial charge in [-0.1, -0.05) is 25.5 Å². The molecule has 1 aromatic carbocycles. The van der Waals surface area contributed by atoms with Crippen molar-refractivity contribution in [1.82, 2.24) is 19.8 Å². The Labute approximate surface area is 187 Å². The summed E-state index contributed by atoms with van der Waals surface area (Å²) in [5.41, 5.74) is 2.51. The molecule has 0 spiro atoms. The first-order valence-electron chi connectivity index (χ1n) is 11.1. The van der Waals surface area contributed by atoms with E-state index in [2.05, 4.69) is 21.8 Å². The van der Waals surface area contributed by atoms with Gasteiger partial charge in [-0.05, 0) is 49.0 Å². The van der Waals surface area contributed by atoms with Crippen molar-refractivity contribution in [3.63, 3.8) is 0 Å². The van der Waals surface area contributed by atoms with E-state index in [0.717, 1.165) is 49.2 Å². The van der Waals surface area contributed by atoms with Crippen LogP contribution in [0, 0.1) is 5.92 Å². The predicted molar refractivity (Wildman–Crippen MR) is 119 cm³/mol. The second-order valence-electron chi connectivity index (χ2n) is 8.32. The minimum Gasteiger partial charge on any atom is -0.465 e. The molecule has 3 amide bonds. The molecule has 0 atom stereocenters. The molecule has 1 N–H and O–H groups in total. The molecule has 2 aliphatic rings. The quantitative estimate of drug-likeness (QED) is 0.370. The van der Waals surface area contributed by atoms with E-state index >= 15 is 0 Å². The number of amides is 3. The highest BCUT2D eigenvalue weighted by Crippen LogP contribution is 2.31. The lowest BCUT2D eigenvalue weighted by Gasteiger charge is -2.12. The van der Waals surface area contributed by atoms with Crippen LogP contribution in [0.2, 0.25) is 0 Å². The van der Waals surface area contributed by atoms with Crippen LogP contribution in [-0.2, 0) is 22.5 Å². The number of carbonyl (C=O) groups excluding carboxylic acids is 3. The van der Waals surface area contributed by atoms with E-state index in [1.54, 1.807) is 24.4 Å². The fourth-order valence-corrected chi connectivity index (χ4v) is 3.75. The normalized spacial score (nSPS) is 17.2. The molecule has 0 unspecified atom stereocenters. The van der Waals surface area contributed by atoms with Gasteiger partial charge in [-0.25, -0.2) is 14.6 Å². The van der Waals surface area contributed by atoms with Crippen molar-refractivity contribution in [2.24, 2.45) is 5.92 Å². The second-order valence-corrected chi connectivity index (χ2v) is 8.32. The lowest BCUT2D eigenvalue weighted by atomic mass is 10.1. The fourth-order valence-electron chi connectivity index (χ4n) is 3.75. The Morgan fingerprint density at radius 3 is 2.66 bits per heavy atom. The summed E-state index contributed by atoms with van der Waals surface area (Å²) in [5.74, 6) is 0.692. The van der Waals surface area contributed by atoms with E-state index < -0.39 is 0 Å². The molecule has 4 rings (SSSR count). The number of hydrogen-bond donors (Lipinski definition) is 1. The van der Waals surface area contributed by atoms with Gasteiger partial charge >= 0.3 is 12.0 Å². The van der Waals surface area contributed by atoms with Crippen LogP contribution in [0.5, 0.6) is 0 Å². The number of esters is 1. The Hall–Kier alpha value is -3.42. The number of ether oxygens (including phenoxy) is 1. The van der Waals surface area contributed by atoms with E-state index in [4.69, 9.17) is 4.74 Å². The first-order chi connectivity index (χ1) is 15.5. The molecule has 0 radical (unpaired) electrons. The monoisotopic (exact) mass is 436 g/mol. The number of aryl methyl sites for hydroxylation is 1. The minimum atomic E-state index is -0.375. The van der Waals surface area contributed by atoms with Crippen molar-refractivity contribution in [3.8, 4) is 0 Å². The second kappa shape index (κ2) is 9.38. The van der Waals surface area contributed by atoms with Crippen LogP contribution in [0.15, 0.2) is 36.2 Å². The lowest BCUT2D eigenvalue weighted by Crippen LogP contribution is -2.32. The fraction of sp³-hybridized carbons (Fsp3) is 0.417. The number of nitrogens with zero attached hydrogens (tertiary/aromatic N) is 3. The molecular weight excluding hydrogens is 408 g/mol. The molecule has 1 saturated carbocycles. The number of unbranched alkanes of at least 4 members (excludes halogenated alkanes) is 1. The van der Waals surface area contributed by atoms with Crippen LogP contribution < -0.4 is 5.32 Å². The van der Waals surface area contributed by atoms with E-state index in [9.17, 15) is 14.4 Å². The van der Waals surface area contributed by atoms with Gasteiger partial charge in [-0.15, -0.1) is 0 Å². The van der Waals surface area contributed by atoms with Crippen LogP contribution in [0.1, 0.15) is 60.0 Å². The van der Waals surface area contributed by atoms with Gasteiger partial charge in [0.05, 0.1) is 24.6 Å². The van der Waals surface area contributed by atoms with Gasteiger partial charge in [0.1, 0.15) is 11.5 Å². The standard InChI is InChI=1S/C24H28N4O4/c1-3-4-5-21-25-13-19(12-20-22(29)28(24(31)26-20)15-16-6-7-16)27(21)14-17-8-10-18(11-9-17)23(30)32-2/h8-13,16H,3-7,14-15H2,1-2H3,(H,26,31)/b20-12-. The Morgan fingerprint density at radius 2 is 2.00 bits per heavy atom. The molecule has 2 aromatic rings. The van der Waals surface area contributed by atoms with Gasteiger partial charge in [0.25, 0.3) is 5.91 Å². The number of benzene rings is 1. The highest BCUT2D eigenvalue weighted by atomic mass is 16.5. The van der Waals surface area contributed by atoms with Crippen LogP contribution in [-0.4, -0.2) is 46.0 Å². The first kappa shape index (κ1) is 21.8. The number of imidazole rings is 1. The van der Waals surface area contributed by atoms with Gasteiger partial charge in [0.15, 0.2) is 0 Å². The predicted octanol–water partition coefficient (Wildman–Crippen LogP) is 3.36. The molecule has 1 saturated heterocycles. The third kappa shape index (κ3) is 4.74. The number of aromatic nitrogens is 2. The summed E-state index contributed by atoms with van der Waals surface area (Å²) < 4.78 is 6.82. The third-order valence-electron chi connectivity index (χ3n) is 5.83. The first-order valence-corrected chi connectivity index (χ1v) is 11.1. The van der Waals surface area contributed by atoms with Gasteiger partial charge in [0, 0.05) is 19.5 Å². The number of hydrogen-bond acceptors (Lipinski definition) is 5. The Balaban J connectivity index is 1.59. The molecule has 1 aliphatic carbocycles. The van der Waals surface area contributed by atoms with Gasteiger partial charge in [-0.2, -0.15) is 0 Å². The number of rotatable bonds is 9. The summed E-state index contributed by atoms with van der Waals surface area (Å²) in [6, 6.07) is 6.87. The van der Waals surface area contributed by atoms with Crippen LogP contribution in [0.25, 0.3) is 6.08 Å². The average Bonchev–Trinajstić information content (AvgIpc) is 3.50. The van der Waals surface area contributed by atoms with Crippen molar-refractivity contribution in [3.05, 3.63) is 58.8 Å². The maximum atomic E-state index is 12.8. The smallest absolute Gasteiger partial charge is 0.337 e.